The summed E-state index contributed by atoms with van der Waals surface area (Å²) in [5.41, 5.74) is 0.254. The Balaban J connectivity index is 2.64. The maximum Gasteiger partial charge on any atom is 0.119 e. The minimum atomic E-state index is -0.729. The van der Waals surface area contributed by atoms with E-state index >= 15 is 0 Å². The molecule has 0 spiro atoms. The van der Waals surface area contributed by atoms with Gasteiger partial charge in [-0.1, -0.05) is 25.4 Å². The smallest absolute Gasteiger partial charge is 0.119 e. The predicted octanol–water partition coefficient (Wildman–Crippen LogP) is 3.58. The number of halogens is 1. The molecule has 0 aromatic heterocycles. The first-order valence-corrected chi connectivity index (χ1v) is 6.00. The molecule has 16 heavy (non-hydrogen) atoms. The zero-order chi connectivity index (χ0) is 12.2. The van der Waals surface area contributed by atoms with Crippen LogP contribution in [-0.4, -0.2) is 17.3 Å². The highest BCUT2D eigenvalue weighted by molar-refractivity contribution is 6.31. The van der Waals surface area contributed by atoms with Gasteiger partial charge in [-0.05, 0) is 43.5 Å². The summed E-state index contributed by atoms with van der Waals surface area (Å²) in [5.74, 6) is 0.752. The van der Waals surface area contributed by atoms with Crippen molar-refractivity contribution in [1.82, 2.24) is 0 Å². The molecule has 0 saturated carbocycles. The Bertz CT molecular complexity index is 346. The van der Waals surface area contributed by atoms with Crippen LogP contribution in [0.1, 0.15) is 32.3 Å². The van der Waals surface area contributed by atoms with E-state index in [0.29, 0.717) is 19.4 Å². The lowest BCUT2D eigenvalue weighted by Crippen LogP contribution is -2.34. The van der Waals surface area contributed by atoms with Crippen LogP contribution in [0.2, 0.25) is 5.02 Å². The minimum Gasteiger partial charge on any atom is -0.491 e. The molecule has 0 heterocycles. The van der Waals surface area contributed by atoms with Crippen molar-refractivity contribution in [2.45, 2.75) is 39.2 Å². The van der Waals surface area contributed by atoms with Crippen LogP contribution < -0.4 is 4.74 Å². The molecular weight excluding hydrogens is 224 g/mol. The molecule has 0 aliphatic rings. The SMILES string of the molecule is CCC(O)(CC)COc1ccc(Cl)c(C)c1. The normalized spacial score (nSPS) is 11.6. The Morgan fingerprint density at radius 2 is 1.94 bits per heavy atom. The van der Waals surface area contributed by atoms with Gasteiger partial charge in [-0.3, -0.25) is 0 Å². The summed E-state index contributed by atoms with van der Waals surface area (Å²) in [6.45, 7) is 6.17. The first-order valence-electron chi connectivity index (χ1n) is 5.62. The van der Waals surface area contributed by atoms with E-state index < -0.39 is 5.60 Å². The summed E-state index contributed by atoms with van der Waals surface area (Å²) < 4.78 is 5.58. The Kier molecular flexibility index (Phi) is 4.63. The summed E-state index contributed by atoms with van der Waals surface area (Å²) in [6, 6.07) is 5.51. The van der Waals surface area contributed by atoms with E-state index in [-0.39, 0.29) is 0 Å². The molecule has 1 aromatic carbocycles. The van der Waals surface area contributed by atoms with Gasteiger partial charge >= 0.3 is 0 Å². The maximum atomic E-state index is 10.1. The molecule has 1 rings (SSSR count). The zero-order valence-electron chi connectivity index (χ0n) is 10.1. The first-order chi connectivity index (χ1) is 7.50. The third-order valence-corrected chi connectivity index (χ3v) is 3.38. The Morgan fingerprint density at radius 1 is 1.31 bits per heavy atom. The largest absolute Gasteiger partial charge is 0.491 e. The fourth-order valence-corrected chi connectivity index (χ4v) is 1.50. The molecule has 1 aromatic rings. The molecule has 0 amide bonds. The van der Waals surface area contributed by atoms with Crippen LogP contribution in [0, 0.1) is 6.92 Å². The highest BCUT2D eigenvalue weighted by atomic mass is 35.5. The van der Waals surface area contributed by atoms with E-state index in [9.17, 15) is 5.11 Å². The summed E-state index contributed by atoms with van der Waals surface area (Å²) >= 11 is 5.92. The van der Waals surface area contributed by atoms with E-state index in [1.807, 2.05) is 39.0 Å². The number of benzene rings is 1. The molecule has 0 aliphatic heterocycles. The average molecular weight is 243 g/mol. The molecule has 0 saturated heterocycles. The van der Waals surface area contributed by atoms with Gasteiger partial charge < -0.3 is 9.84 Å². The van der Waals surface area contributed by atoms with E-state index in [1.165, 1.54) is 0 Å². The number of hydrogen-bond acceptors (Lipinski definition) is 2. The molecule has 0 unspecified atom stereocenters. The zero-order valence-corrected chi connectivity index (χ0v) is 10.8. The second-order valence-electron chi connectivity index (χ2n) is 4.13. The second kappa shape index (κ2) is 5.55. The van der Waals surface area contributed by atoms with Gasteiger partial charge in [-0.15, -0.1) is 0 Å². The van der Waals surface area contributed by atoms with Crippen molar-refractivity contribution in [2.24, 2.45) is 0 Å². The molecule has 0 aliphatic carbocycles. The number of rotatable bonds is 5. The van der Waals surface area contributed by atoms with Crippen molar-refractivity contribution >= 4 is 11.6 Å². The van der Waals surface area contributed by atoms with Gasteiger partial charge in [0.15, 0.2) is 0 Å². The van der Waals surface area contributed by atoms with Crippen LogP contribution in [0.3, 0.4) is 0 Å². The van der Waals surface area contributed by atoms with Crippen molar-refractivity contribution in [3.8, 4) is 5.75 Å². The monoisotopic (exact) mass is 242 g/mol. The van der Waals surface area contributed by atoms with E-state index in [2.05, 4.69) is 0 Å². The number of ether oxygens (including phenoxy) is 1. The van der Waals surface area contributed by atoms with Gasteiger partial charge in [0, 0.05) is 5.02 Å². The van der Waals surface area contributed by atoms with Crippen LogP contribution in [0.25, 0.3) is 0 Å². The third-order valence-electron chi connectivity index (χ3n) is 2.95. The second-order valence-corrected chi connectivity index (χ2v) is 4.54. The van der Waals surface area contributed by atoms with Crippen molar-refractivity contribution in [3.63, 3.8) is 0 Å². The Morgan fingerprint density at radius 3 is 2.44 bits per heavy atom. The topological polar surface area (TPSA) is 29.5 Å². The predicted molar refractivity (Wildman–Crippen MR) is 67.2 cm³/mol. The molecule has 0 fully saturated rings. The number of hydrogen-bond donors (Lipinski definition) is 1. The van der Waals surface area contributed by atoms with Gasteiger partial charge in [-0.25, -0.2) is 0 Å². The quantitative estimate of drug-likeness (QED) is 0.855. The maximum absolute atomic E-state index is 10.1. The van der Waals surface area contributed by atoms with E-state index in [0.717, 1.165) is 16.3 Å². The number of aryl methyl sites for hydroxylation is 1. The fraction of sp³-hybridized carbons (Fsp3) is 0.538. The lowest BCUT2D eigenvalue weighted by atomic mass is 9.99. The molecule has 0 atom stereocenters. The van der Waals surface area contributed by atoms with Gasteiger partial charge in [0.1, 0.15) is 12.4 Å². The standard InChI is InChI=1S/C13H19ClO2/c1-4-13(15,5-2)9-16-11-6-7-12(14)10(3)8-11/h6-8,15H,4-5,9H2,1-3H3. The van der Waals surface area contributed by atoms with Crippen LogP contribution in [0.4, 0.5) is 0 Å². The number of aliphatic hydroxyl groups is 1. The fourth-order valence-electron chi connectivity index (χ4n) is 1.38. The highest BCUT2D eigenvalue weighted by Gasteiger charge is 2.23. The lowest BCUT2D eigenvalue weighted by molar-refractivity contribution is -0.0113. The van der Waals surface area contributed by atoms with Gasteiger partial charge in [0.2, 0.25) is 0 Å². The molecular formula is C13H19ClO2. The van der Waals surface area contributed by atoms with E-state index in [1.54, 1.807) is 0 Å². The van der Waals surface area contributed by atoms with Crippen LogP contribution in [-0.2, 0) is 0 Å². The molecule has 1 N–H and O–H groups in total. The van der Waals surface area contributed by atoms with Gasteiger partial charge in [-0.2, -0.15) is 0 Å². The Hall–Kier alpha value is -0.730. The van der Waals surface area contributed by atoms with Crippen molar-refractivity contribution < 1.29 is 9.84 Å². The highest BCUT2D eigenvalue weighted by Crippen LogP contribution is 2.23. The molecule has 0 bridgehead atoms. The summed E-state index contributed by atoms with van der Waals surface area (Å²) in [6.07, 6.45) is 1.38. The van der Waals surface area contributed by atoms with Crippen LogP contribution in [0.5, 0.6) is 5.75 Å². The summed E-state index contributed by atoms with van der Waals surface area (Å²) in [5, 5.41) is 10.8. The van der Waals surface area contributed by atoms with Gasteiger partial charge in [0.05, 0.1) is 5.60 Å². The summed E-state index contributed by atoms with van der Waals surface area (Å²) in [4.78, 5) is 0. The average Bonchev–Trinajstić information content (AvgIpc) is 2.30. The summed E-state index contributed by atoms with van der Waals surface area (Å²) in [7, 11) is 0. The Labute approximate surface area is 102 Å². The molecule has 0 radical (unpaired) electrons. The van der Waals surface area contributed by atoms with E-state index in [4.69, 9.17) is 16.3 Å². The van der Waals surface area contributed by atoms with Crippen LogP contribution >= 0.6 is 11.6 Å². The minimum absolute atomic E-state index is 0.321. The van der Waals surface area contributed by atoms with Crippen molar-refractivity contribution in [1.29, 1.82) is 0 Å². The molecule has 3 heteroatoms. The van der Waals surface area contributed by atoms with Gasteiger partial charge in [0.25, 0.3) is 0 Å². The first kappa shape index (κ1) is 13.3. The third kappa shape index (κ3) is 3.39. The molecule has 90 valence electrons. The van der Waals surface area contributed by atoms with Crippen LogP contribution in [0.15, 0.2) is 18.2 Å². The van der Waals surface area contributed by atoms with Crippen molar-refractivity contribution in [3.05, 3.63) is 28.8 Å². The molecule has 2 nitrogen and oxygen atoms in total. The van der Waals surface area contributed by atoms with Crippen molar-refractivity contribution in [2.75, 3.05) is 6.61 Å². The lowest BCUT2D eigenvalue weighted by Gasteiger charge is -2.25.